The first-order chi connectivity index (χ1) is 22.8. The smallest absolute Gasteiger partial charge is 0.0545 e. The van der Waals surface area contributed by atoms with Gasteiger partial charge in [0.25, 0.3) is 0 Å². The van der Waals surface area contributed by atoms with Gasteiger partial charge in [0, 0.05) is 0 Å². The Kier molecular flexibility index (Phi) is 23.0. The third-order valence-corrected chi connectivity index (χ3v) is 14.5. The quantitative estimate of drug-likeness (QED) is 0.287. The average Bonchev–Trinajstić information content (AvgIpc) is 2.98. The highest BCUT2D eigenvalue weighted by Crippen LogP contribution is 2.38. The third-order valence-electron chi connectivity index (χ3n) is 14.5. The van der Waals surface area contributed by atoms with Crippen molar-refractivity contribution in [2.45, 2.75) is 206 Å². The predicted molar refractivity (Wildman–Crippen MR) is 222 cm³/mol. The molecule has 0 radical (unpaired) electrons. The molecule has 0 amide bonds. The summed E-state index contributed by atoms with van der Waals surface area (Å²) in [5.41, 5.74) is 1.39. The van der Waals surface area contributed by atoms with E-state index in [1.54, 1.807) is 0 Å². The van der Waals surface area contributed by atoms with Crippen molar-refractivity contribution in [3.63, 3.8) is 0 Å². The molecule has 13 unspecified atom stereocenters. The lowest BCUT2D eigenvalue weighted by Gasteiger charge is -2.35. The Morgan fingerprint density at radius 1 is 0.469 bits per heavy atom. The molecule has 1 heteroatoms. The minimum atomic E-state index is -0.0104. The van der Waals surface area contributed by atoms with Crippen LogP contribution in [0, 0.1) is 88.8 Å². The van der Waals surface area contributed by atoms with E-state index in [4.69, 9.17) is 0 Å². The summed E-state index contributed by atoms with van der Waals surface area (Å²) < 4.78 is 0. The first kappa shape index (κ1) is 46.7. The summed E-state index contributed by atoms with van der Waals surface area (Å²) in [5.74, 6) is 13.9. The Labute approximate surface area is 311 Å². The standard InChI is InChI=1S/C11H22.C11H20.2C9H18.C8H16O/c2*1-8(2)11-6-5-9(3)7-10(11)4;1-7-4-5-8(2)9(3)6-7;1-7-5-4-6-8(2)9(7)3;1-6-3-7(2)5-8(9)4-6/h8-11H,5-7H2,1-4H3;9-11H,1,5-7H2,2-4H3;2*7-9H,4-6H2,1-3H3;6-9H,3-5H2,1-2H3. The van der Waals surface area contributed by atoms with Gasteiger partial charge in [-0.2, -0.15) is 0 Å². The van der Waals surface area contributed by atoms with Crippen LogP contribution >= 0.6 is 0 Å². The molecule has 5 rings (SSSR count). The molecule has 0 heterocycles. The molecule has 292 valence electrons. The lowest BCUT2D eigenvalue weighted by Crippen LogP contribution is -2.25. The second-order valence-corrected chi connectivity index (χ2v) is 20.3. The molecule has 0 aromatic heterocycles. The van der Waals surface area contributed by atoms with Gasteiger partial charge in [-0.3, -0.25) is 0 Å². The van der Waals surface area contributed by atoms with Crippen molar-refractivity contribution >= 4 is 0 Å². The molecular formula is C48H94O. The fourth-order valence-electron chi connectivity index (χ4n) is 10.6. The first-order valence-corrected chi connectivity index (χ1v) is 22.1. The molecule has 0 bridgehead atoms. The highest BCUT2D eigenvalue weighted by Gasteiger charge is 2.28. The molecular weight excluding hydrogens is 593 g/mol. The number of allylic oxidation sites excluding steroid dienone is 1. The molecule has 5 aliphatic carbocycles. The zero-order chi connectivity index (χ0) is 37.4. The second kappa shape index (κ2) is 24.1. The Morgan fingerprint density at radius 3 is 1.29 bits per heavy atom. The van der Waals surface area contributed by atoms with Crippen LogP contribution in [0.15, 0.2) is 12.2 Å². The maximum absolute atomic E-state index is 9.25. The highest BCUT2D eigenvalue weighted by molar-refractivity contribution is 5.00. The summed E-state index contributed by atoms with van der Waals surface area (Å²) in [6.45, 7) is 39.3. The van der Waals surface area contributed by atoms with Crippen molar-refractivity contribution in [1.29, 1.82) is 0 Å². The van der Waals surface area contributed by atoms with Gasteiger partial charge in [-0.05, 0) is 147 Å². The zero-order valence-electron chi connectivity index (χ0n) is 36.5. The van der Waals surface area contributed by atoms with Crippen LogP contribution in [0.3, 0.4) is 0 Å². The summed E-state index contributed by atoms with van der Waals surface area (Å²) in [5, 5.41) is 9.25. The molecule has 0 spiro atoms. The van der Waals surface area contributed by atoms with Gasteiger partial charge in [0.1, 0.15) is 0 Å². The van der Waals surface area contributed by atoms with Crippen molar-refractivity contribution in [3.05, 3.63) is 12.2 Å². The van der Waals surface area contributed by atoms with Crippen molar-refractivity contribution < 1.29 is 5.11 Å². The van der Waals surface area contributed by atoms with E-state index in [2.05, 4.69) is 110 Å². The summed E-state index contributed by atoms with van der Waals surface area (Å²) in [4.78, 5) is 0. The van der Waals surface area contributed by atoms with Gasteiger partial charge < -0.3 is 5.11 Å². The molecule has 5 fully saturated rings. The van der Waals surface area contributed by atoms with Gasteiger partial charge in [-0.1, -0.05) is 154 Å². The predicted octanol–water partition coefficient (Wildman–Crippen LogP) is 15.3. The lowest BCUT2D eigenvalue weighted by atomic mass is 9.71. The van der Waals surface area contributed by atoms with Gasteiger partial charge in [0.05, 0.1) is 6.10 Å². The Balaban J connectivity index is 0.000000307. The van der Waals surface area contributed by atoms with E-state index in [0.29, 0.717) is 0 Å². The van der Waals surface area contributed by atoms with E-state index >= 15 is 0 Å². The maximum Gasteiger partial charge on any atom is 0.0545 e. The molecule has 0 aromatic carbocycles. The normalized spacial score (nSPS) is 42.3. The van der Waals surface area contributed by atoms with Gasteiger partial charge in [0.15, 0.2) is 0 Å². The van der Waals surface area contributed by atoms with Crippen LogP contribution in [0.25, 0.3) is 0 Å². The number of aliphatic hydroxyl groups is 1. The van der Waals surface area contributed by atoms with E-state index in [-0.39, 0.29) is 6.10 Å². The van der Waals surface area contributed by atoms with Gasteiger partial charge in [-0.25, -0.2) is 0 Å². The summed E-state index contributed by atoms with van der Waals surface area (Å²) in [7, 11) is 0. The topological polar surface area (TPSA) is 20.2 Å². The molecule has 0 aromatic rings. The van der Waals surface area contributed by atoms with Crippen molar-refractivity contribution in [1.82, 2.24) is 0 Å². The lowest BCUT2D eigenvalue weighted by molar-refractivity contribution is 0.0804. The molecule has 1 nitrogen and oxygen atoms in total. The molecule has 0 saturated heterocycles. The summed E-state index contributed by atoms with van der Waals surface area (Å²) >= 11 is 0. The molecule has 49 heavy (non-hydrogen) atoms. The second-order valence-electron chi connectivity index (χ2n) is 20.3. The van der Waals surface area contributed by atoms with Gasteiger partial charge in [-0.15, -0.1) is 0 Å². The highest BCUT2D eigenvalue weighted by atomic mass is 16.3. The van der Waals surface area contributed by atoms with Crippen LogP contribution in [0.2, 0.25) is 0 Å². The Hall–Kier alpha value is -0.300. The van der Waals surface area contributed by atoms with Crippen LogP contribution in [-0.4, -0.2) is 11.2 Å². The van der Waals surface area contributed by atoms with Crippen molar-refractivity contribution in [3.8, 4) is 0 Å². The van der Waals surface area contributed by atoms with Gasteiger partial charge >= 0.3 is 0 Å². The third kappa shape index (κ3) is 18.8. The van der Waals surface area contributed by atoms with E-state index in [9.17, 15) is 5.11 Å². The average molecular weight is 687 g/mol. The monoisotopic (exact) mass is 687 g/mol. The van der Waals surface area contributed by atoms with Crippen LogP contribution in [0.1, 0.15) is 200 Å². The number of hydrogen-bond donors (Lipinski definition) is 1. The number of rotatable bonds is 2. The first-order valence-electron chi connectivity index (χ1n) is 22.1. The van der Waals surface area contributed by atoms with Crippen LogP contribution in [-0.2, 0) is 0 Å². The molecule has 5 aliphatic rings. The molecule has 13 atom stereocenters. The van der Waals surface area contributed by atoms with Crippen molar-refractivity contribution in [2.24, 2.45) is 88.8 Å². The molecule has 1 N–H and O–H groups in total. The van der Waals surface area contributed by atoms with Crippen molar-refractivity contribution in [2.75, 3.05) is 0 Å². The minimum absolute atomic E-state index is 0.0104. The van der Waals surface area contributed by atoms with E-state index in [1.807, 2.05) is 0 Å². The van der Waals surface area contributed by atoms with Crippen LogP contribution in [0.5, 0.6) is 0 Å². The van der Waals surface area contributed by atoms with E-state index in [1.165, 1.54) is 89.0 Å². The Bertz CT molecular complexity index is 809. The number of hydrogen-bond acceptors (Lipinski definition) is 1. The summed E-state index contributed by atoms with van der Waals surface area (Å²) in [6.07, 6.45) is 20.7. The zero-order valence-corrected chi connectivity index (χ0v) is 36.5. The largest absolute Gasteiger partial charge is 0.393 e. The van der Waals surface area contributed by atoms with E-state index < -0.39 is 0 Å². The minimum Gasteiger partial charge on any atom is -0.393 e. The Morgan fingerprint density at radius 2 is 0.918 bits per heavy atom. The van der Waals surface area contributed by atoms with Gasteiger partial charge in [0.2, 0.25) is 0 Å². The fourth-order valence-corrected chi connectivity index (χ4v) is 10.6. The summed E-state index contributed by atoms with van der Waals surface area (Å²) in [6, 6.07) is 0. The number of aliphatic hydroxyl groups excluding tert-OH is 1. The fraction of sp³-hybridized carbons (Fsp3) is 0.958. The molecule has 0 aliphatic heterocycles. The van der Waals surface area contributed by atoms with Crippen LogP contribution in [0.4, 0.5) is 0 Å². The van der Waals surface area contributed by atoms with Crippen LogP contribution < -0.4 is 0 Å². The molecule has 5 saturated carbocycles. The SMILES string of the molecule is C=C(C)C1CCC(C)CC1C.CC1CC(C)CC(O)C1.CC1CCC(C(C)C)C(C)C1.CC1CCC(C)C(C)C1.CC1CCCC(C)C1C. The maximum atomic E-state index is 9.25. The van der Waals surface area contributed by atoms with E-state index in [0.717, 1.165) is 102 Å².